The minimum Gasteiger partial charge on any atom is -0.360 e. The van der Waals surface area contributed by atoms with Gasteiger partial charge in [-0.3, -0.25) is 5.41 Å². The second kappa shape index (κ2) is 5.31. The van der Waals surface area contributed by atoms with Gasteiger partial charge in [-0.2, -0.15) is 11.8 Å². The maximum absolute atomic E-state index is 8.17. The standard InChI is InChI=1S/C10H18N2S2/c11-10(9-8-13-6-7-14-9)12-4-2-1-3-5-12/h9,11H,1-8H2. The van der Waals surface area contributed by atoms with Crippen molar-refractivity contribution in [3.8, 4) is 0 Å². The first kappa shape index (κ1) is 10.7. The summed E-state index contributed by atoms with van der Waals surface area (Å²) in [7, 11) is 0. The summed E-state index contributed by atoms with van der Waals surface area (Å²) in [6.45, 7) is 2.25. The van der Waals surface area contributed by atoms with E-state index in [-0.39, 0.29) is 0 Å². The number of nitrogens with one attached hydrogen (secondary N) is 1. The van der Waals surface area contributed by atoms with E-state index in [4.69, 9.17) is 5.41 Å². The molecule has 0 bridgehead atoms. The average molecular weight is 230 g/mol. The average Bonchev–Trinajstić information content (AvgIpc) is 2.30. The maximum atomic E-state index is 8.17. The van der Waals surface area contributed by atoms with Crippen LogP contribution >= 0.6 is 23.5 Å². The fourth-order valence-electron chi connectivity index (χ4n) is 1.98. The summed E-state index contributed by atoms with van der Waals surface area (Å²) >= 11 is 3.98. The molecule has 2 heterocycles. The molecule has 0 saturated carbocycles. The highest BCUT2D eigenvalue weighted by molar-refractivity contribution is 8.07. The highest BCUT2D eigenvalue weighted by Crippen LogP contribution is 2.26. The Morgan fingerprint density at radius 2 is 1.93 bits per heavy atom. The highest BCUT2D eigenvalue weighted by Gasteiger charge is 2.24. The Balaban J connectivity index is 1.85. The van der Waals surface area contributed by atoms with Gasteiger partial charge in [0.25, 0.3) is 0 Å². The zero-order chi connectivity index (χ0) is 9.80. The molecular formula is C10H18N2S2. The molecule has 0 spiro atoms. The first-order chi connectivity index (χ1) is 6.88. The highest BCUT2D eigenvalue weighted by atomic mass is 32.2. The van der Waals surface area contributed by atoms with E-state index in [0.717, 1.165) is 24.7 Å². The van der Waals surface area contributed by atoms with Crippen LogP contribution in [0.4, 0.5) is 0 Å². The van der Waals surface area contributed by atoms with Gasteiger partial charge in [-0.05, 0) is 19.3 Å². The molecule has 4 heteroatoms. The van der Waals surface area contributed by atoms with Gasteiger partial charge in [0.1, 0.15) is 5.84 Å². The maximum Gasteiger partial charge on any atom is 0.110 e. The Bertz CT molecular complexity index is 176. The molecule has 2 nitrogen and oxygen atoms in total. The summed E-state index contributed by atoms with van der Waals surface area (Å²) in [5, 5.41) is 8.65. The van der Waals surface area contributed by atoms with Crippen LogP contribution in [0.2, 0.25) is 0 Å². The van der Waals surface area contributed by atoms with Gasteiger partial charge in [-0.1, -0.05) is 0 Å². The third kappa shape index (κ3) is 2.60. The van der Waals surface area contributed by atoms with E-state index in [1.165, 1.54) is 30.8 Å². The minimum atomic E-state index is 0.479. The van der Waals surface area contributed by atoms with Crippen molar-refractivity contribution in [3.05, 3.63) is 0 Å². The first-order valence-electron chi connectivity index (χ1n) is 5.40. The Morgan fingerprint density at radius 1 is 1.14 bits per heavy atom. The van der Waals surface area contributed by atoms with Gasteiger partial charge in [-0.15, -0.1) is 11.8 Å². The van der Waals surface area contributed by atoms with Crippen LogP contribution in [-0.2, 0) is 0 Å². The summed E-state index contributed by atoms with van der Waals surface area (Å²) in [4.78, 5) is 2.30. The number of thioether (sulfide) groups is 2. The van der Waals surface area contributed by atoms with E-state index in [2.05, 4.69) is 4.90 Å². The summed E-state index contributed by atoms with van der Waals surface area (Å²) in [5.74, 6) is 4.56. The molecule has 0 aromatic rings. The number of likely N-dealkylation sites (tertiary alicyclic amines) is 1. The number of hydrogen-bond donors (Lipinski definition) is 1. The van der Waals surface area contributed by atoms with E-state index in [1.54, 1.807) is 0 Å². The molecule has 2 saturated heterocycles. The molecule has 14 heavy (non-hydrogen) atoms. The third-order valence-corrected chi connectivity index (χ3v) is 5.58. The molecule has 0 radical (unpaired) electrons. The topological polar surface area (TPSA) is 27.1 Å². The summed E-state index contributed by atoms with van der Waals surface area (Å²) in [6.07, 6.45) is 3.93. The number of nitrogens with zero attached hydrogens (tertiary/aromatic N) is 1. The van der Waals surface area contributed by atoms with Crippen molar-refractivity contribution in [3.63, 3.8) is 0 Å². The van der Waals surface area contributed by atoms with Crippen molar-refractivity contribution in [2.75, 3.05) is 30.3 Å². The summed E-state index contributed by atoms with van der Waals surface area (Å²) in [6, 6.07) is 0. The predicted octanol–water partition coefficient (Wildman–Crippen LogP) is 2.30. The van der Waals surface area contributed by atoms with Crippen molar-refractivity contribution in [1.82, 2.24) is 4.90 Å². The lowest BCUT2D eigenvalue weighted by molar-refractivity contribution is 0.336. The quantitative estimate of drug-likeness (QED) is 0.553. The molecule has 2 fully saturated rings. The molecule has 2 rings (SSSR count). The van der Waals surface area contributed by atoms with Crippen LogP contribution in [-0.4, -0.2) is 46.3 Å². The van der Waals surface area contributed by atoms with E-state index in [9.17, 15) is 0 Å². The van der Waals surface area contributed by atoms with Crippen molar-refractivity contribution in [2.45, 2.75) is 24.5 Å². The molecule has 0 aromatic heterocycles. The molecule has 80 valence electrons. The minimum absolute atomic E-state index is 0.479. The molecule has 0 aromatic carbocycles. The molecule has 1 unspecified atom stereocenters. The van der Waals surface area contributed by atoms with Crippen molar-refractivity contribution >= 4 is 29.4 Å². The molecular weight excluding hydrogens is 212 g/mol. The predicted molar refractivity (Wildman–Crippen MR) is 66.7 cm³/mol. The SMILES string of the molecule is N=C(C1CSCCS1)N1CCCCC1. The van der Waals surface area contributed by atoms with E-state index >= 15 is 0 Å². The van der Waals surface area contributed by atoms with Crippen LogP contribution in [0.3, 0.4) is 0 Å². The van der Waals surface area contributed by atoms with E-state index in [0.29, 0.717) is 5.25 Å². The van der Waals surface area contributed by atoms with Gasteiger partial charge in [0.2, 0.25) is 0 Å². The van der Waals surface area contributed by atoms with Crippen molar-refractivity contribution in [2.24, 2.45) is 0 Å². The van der Waals surface area contributed by atoms with Gasteiger partial charge in [0.05, 0.1) is 5.25 Å². The van der Waals surface area contributed by atoms with Crippen molar-refractivity contribution in [1.29, 1.82) is 5.41 Å². The number of hydrogen-bond acceptors (Lipinski definition) is 3. The molecule has 0 aliphatic carbocycles. The van der Waals surface area contributed by atoms with Gasteiger partial charge in [0, 0.05) is 30.3 Å². The fraction of sp³-hybridized carbons (Fsp3) is 0.900. The number of piperidine rings is 1. The van der Waals surface area contributed by atoms with Crippen LogP contribution in [0.15, 0.2) is 0 Å². The Morgan fingerprint density at radius 3 is 2.57 bits per heavy atom. The summed E-state index contributed by atoms with van der Waals surface area (Å²) in [5.41, 5.74) is 0. The van der Waals surface area contributed by atoms with Gasteiger partial charge in [0.15, 0.2) is 0 Å². The monoisotopic (exact) mass is 230 g/mol. The van der Waals surface area contributed by atoms with Crippen LogP contribution in [0.1, 0.15) is 19.3 Å². The van der Waals surface area contributed by atoms with E-state index in [1.807, 2.05) is 23.5 Å². The van der Waals surface area contributed by atoms with Gasteiger partial charge in [-0.25, -0.2) is 0 Å². The van der Waals surface area contributed by atoms with Crippen molar-refractivity contribution < 1.29 is 0 Å². The van der Waals surface area contributed by atoms with Crippen LogP contribution in [0.5, 0.6) is 0 Å². The first-order valence-corrected chi connectivity index (χ1v) is 7.61. The lowest BCUT2D eigenvalue weighted by atomic mass is 10.1. The second-order valence-electron chi connectivity index (χ2n) is 3.87. The lowest BCUT2D eigenvalue weighted by Gasteiger charge is -2.33. The molecule has 0 amide bonds. The Labute approximate surface area is 94.7 Å². The number of amidine groups is 1. The fourth-order valence-corrected chi connectivity index (χ4v) is 4.64. The van der Waals surface area contributed by atoms with Gasteiger partial charge >= 0.3 is 0 Å². The zero-order valence-electron chi connectivity index (χ0n) is 8.50. The smallest absolute Gasteiger partial charge is 0.110 e. The normalized spacial score (nSPS) is 28.9. The van der Waals surface area contributed by atoms with E-state index < -0.39 is 0 Å². The van der Waals surface area contributed by atoms with Gasteiger partial charge < -0.3 is 4.90 Å². The van der Waals surface area contributed by atoms with Crippen LogP contribution in [0, 0.1) is 5.41 Å². The molecule has 2 aliphatic heterocycles. The number of rotatable bonds is 1. The van der Waals surface area contributed by atoms with Crippen LogP contribution in [0.25, 0.3) is 0 Å². The van der Waals surface area contributed by atoms with Crippen LogP contribution < -0.4 is 0 Å². The molecule has 2 aliphatic rings. The lowest BCUT2D eigenvalue weighted by Crippen LogP contribution is -2.42. The molecule has 1 N–H and O–H groups in total. The Kier molecular flexibility index (Phi) is 4.05. The largest absolute Gasteiger partial charge is 0.360 e. The second-order valence-corrected chi connectivity index (χ2v) is 6.33. The molecule has 1 atom stereocenters. The zero-order valence-corrected chi connectivity index (χ0v) is 10.1. The Hall–Kier alpha value is 0.170. The third-order valence-electron chi connectivity index (χ3n) is 2.82. The summed E-state index contributed by atoms with van der Waals surface area (Å²) < 4.78 is 0.